The van der Waals surface area contributed by atoms with E-state index in [1.807, 2.05) is 34.6 Å². The summed E-state index contributed by atoms with van der Waals surface area (Å²) in [5.41, 5.74) is 1.20. The van der Waals surface area contributed by atoms with Crippen LogP contribution in [0.1, 0.15) is 45.9 Å². The summed E-state index contributed by atoms with van der Waals surface area (Å²) in [5.74, 6) is 0. The van der Waals surface area contributed by atoms with Crippen molar-refractivity contribution in [3.63, 3.8) is 0 Å². The van der Waals surface area contributed by atoms with Crippen molar-refractivity contribution in [2.45, 2.75) is 52.3 Å². The van der Waals surface area contributed by atoms with Crippen LogP contribution in [0.3, 0.4) is 0 Å². The monoisotopic (exact) mass is 363 g/mol. The summed E-state index contributed by atoms with van der Waals surface area (Å²) in [5, 5.41) is 7.20. The minimum atomic E-state index is -0.477. The number of carbonyl (C=O) groups is 1. The fourth-order valence-electron chi connectivity index (χ4n) is 2.09. The van der Waals surface area contributed by atoms with E-state index in [0.717, 1.165) is 15.0 Å². The summed E-state index contributed by atoms with van der Waals surface area (Å²) in [4.78, 5) is 14.0. The molecule has 1 aromatic heterocycles. The Bertz CT molecular complexity index is 488. The summed E-state index contributed by atoms with van der Waals surface area (Å²) in [6.45, 7) is 10.2. The SMILES string of the molecule is CC(C)(C)OC(=O)N1Cc2c(I)n[nH]c2C1(C)C. The first-order chi connectivity index (χ1) is 8.13. The number of aromatic amines is 1. The van der Waals surface area contributed by atoms with Crippen molar-refractivity contribution < 1.29 is 9.53 Å². The average molecular weight is 363 g/mol. The van der Waals surface area contributed by atoms with Gasteiger partial charge in [0.2, 0.25) is 0 Å². The highest BCUT2D eigenvalue weighted by molar-refractivity contribution is 14.1. The molecular weight excluding hydrogens is 345 g/mol. The lowest BCUT2D eigenvalue weighted by Crippen LogP contribution is -2.43. The average Bonchev–Trinajstić information content (AvgIpc) is 2.64. The zero-order chi connectivity index (χ0) is 13.7. The maximum atomic E-state index is 12.2. The van der Waals surface area contributed by atoms with E-state index < -0.39 is 11.1 Å². The van der Waals surface area contributed by atoms with Crippen LogP contribution in [-0.4, -0.2) is 26.8 Å². The first-order valence-corrected chi connectivity index (χ1v) is 6.94. The Kier molecular flexibility index (Phi) is 3.11. The van der Waals surface area contributed by atoms with Gasteiger partial charge in [0.05, 0.1) is 17.8 Å². The molecule has 100 valence electrons. The number of amides is 1. The van der Waals surface area contributed by atoms with Crippen LogP contribution in [0.4, 0.5) is 4.79 Å². The Morgan fingerprint density at radius 1 is 1.50 bits per heavy atom. The summed E-state index contributed by atoms with van der Waals surface area (Å²) < 4.78 is 6.37. The van der Waals surface area contributed by atoms with Crippen molar-refractivity contribution in [1.29, 1.82) is 0 Å². The third kappa shape index (κ3) is 2.22. The first-order valence-electron chi connectivity index (χ1n) is 5.87. The third-order valence-corrected chi connectivity index (χ3v) is 3.93. The van der Waals surface area contributed by atoms with E-state index in [1.54, 1.807) is 4.90 Å². The van der Waals surface area contributed by atoms with Crippen molar-refractivity contribution >= 4 is 28.7 Å². The van der Waals surface area contributed by atoms with Gasteiger partial charge < -0.3 is 4.74 Å². The number of aromatic nitrogens is 2. The summed E-state index contributed by atoms with van der Waals surface area (Å²) in [6.07, 6.45) is -0.284. The third-order valence-electron chi connectivity index (χ3n) is 3.03. The van der Waals surface area contributed by atoms with Crippen LogP contribution in [-0.2, 0) is 16.8 Å². The van der Waals surface area contributed by atoms with E-state index in [9.17, 15) is 4.79 Å². The lowest BCUT2D eigenvalue weighted by atomic mass is 10.0. The van der Waals surface area contributed by atoms with Gasteiger partial charge in [-0.25, -0.2) is 4.79 Å². The van der Waals surface area contributed by atoms with Gasteiger partial charge in [-0.1, -0.05) is 0 Å². The highest BCUT2D eigenvalue weighted by Crippen LogP contribution is 2.39. The molecule has 0 radical (unpaired) electrons. The van der Waals surface area contributed by atoms with E-state index in [4.69, 9.17) is 4.74 Å². The number of nitrogens with zero attached hydrogens (tertiary/aromatic N) is 2. The number of nitrogens with one attached hydrogen (secondary N) is 1. The summed E-state index contributed by atoms with van der Waals surface area (Å²) in [7, 11) is 0. The minimum Gasteiger partial charge on any atom is -0.444 e. The molecule has 1 aliphatic heterocycles. The van der Waals surface area contributed by atoms with Crippen LogP contribution >= 0.6 is 22.6 Å². The van der Waals surface area contributed by atoms with Crippen LogP contribution in [0.2, 0.25) is 0 Å². The maximum Gasteiger partial charge on any atom is 0.411 e. The Morgan fingerprint density at radius 2 is 2.11 bits per heavy atom. The molecular formula is C12H18IN3O2. The Morgan fingerprint density at radius 3 is 2.61 bits per heavy atom. The molecule has 0 unspecified atom stereocenters. The van der Waals surface area contributed by atoms with Gasteiger partial charge in [0.1, 0.15) is 9.30 Å². The predicted molar refractivity (Wildman–Crippen MR) is 76.1 cm³/mol. The van der Waals surface area contributed by atoms with Gasteiger partial charge in [0.15, 0.2) is 0 Å². The molecule has 0 saturated carbocycles. The van der Waals surface area contributed by atoms with E-state index in [-0.39, 0.29) is 6.09 Å². The van der Waals surface area contributed by atoms with E-state index in [2.05, 4.69) is 32.8 Å². The van der Waals surface area contributed by atoms with Crippen LogP contribution in [0.25, 0.3) is 0 Å². The number of hydrogen-bond donors (Lipinski definition) is 1. The molecule has 1 aromatic rings. The van der Waals surface area contributed by atoms with Gasteiger partial charge in [-0.3, -0.25) is 10.00 Å². The number of rotatable bonds is 0. The Balaban J connectivity index is 2.26. The lowest BCUT2D eigenvalue weighted by Gasteiger charge is -2.33. The molecule has 6 heteroatoms. The Labute approximate surface area is 120 Å². The fourth-order valence-corrected chi connectivity index (χ4v) is 2.65. The van der Waals surface area contributed by atoms with Crippen molar-refractivity contribution in [2.24, 2.45) is 0 Å². The van der Waals surface area contributed by atoms with Crippen molar-refractivity contribution in [2.75, 3.05) is 0 Å². The number of ether oxygens (including phenoxy) is 1. The second kappa shape index (κ2) is 4.11. The number of hydrogen-bond acceptors (Lipinski definition) is 3. The zero-order valence-electron chi connectivity index (χ0n) is 11.3. The van der Waals surface area contributed by atoms with Crippen molar-refractivity contribution in [1.82, 2.24) is 15.1 Å². The minimum absolute atomic E-state index is 0.284. The molecule has 5 nitrogen and oxygen atoms in total. The molecule has 0 aliphatic carbocycles. The van der Waals surface area contributed by atoms with Gasteiger partial charge in [-0.05, 0) is 57.2 Å². The van der Waals surface area contributed by atoms with Gasteiger partial charge in [0.25, 0.3) is 0 Å². The van der Waals surface area contributed by atoms with Crippen LogP contribution in [0.15, 0.2) is 0 Å². The number of fused-ring (bicyclic) bond motifs is 1. The Hall–Kier alpha value is -0.790. The number of halogens is 1. The molecule has 18 heavy (non-hydrogen) atoms. The number of carbonyl (C=O) groups excluding carboxylic acids is 1. The van der Waals surface area contributed by atoms with Crippen LogP contribution in [0, 0.1) is 3.70 Å². The molecule has 0 aromatic carbocycles. The second-order valence-electron chi connectivity index (χ2n) is 5.99. The van der Waals surface area contributed by atoms with E-state index in [0.29, 0.717) is 6.54 Å². The summed E-state index contributed by atoms with van der Waals surface area (Å²) >= 11 is 2.18. The molecule has 0 atom stereocenters. The van der Waals surface area contributed by atoms with Gasteiger partial charge >= 0.3 is 6.09 Å². The number of H-pyrrole nitrogens is 1. The van der Waals surface area contributed by atoms with Gasteiger partial charge in [0, 0.05) is 5.56 Å². The topological polar surface area (TPSA) is 58.2 Å². The lowest BCUT2D eigenvalue weighted by molar-refractivity contribution is 0.00443. The normalized spacial score (nSPS) is 17.8. The van der Waals surface area contributed by atoms with E-state index >= 15 is 0 Å². The molecule has 0 spiro atoms. The smallest absolute Gasteiger partial charge is 0.411 e. The van der Waals surface area contributed by atoms with Crippen molar-refractivity contribution in [3.05, 3.63) is 15.0 Å². The van der Waals surface area contributed by atoms with Gasteiger partial charge in [-0.2, -0.15) is 5.10 Å². The molecule has 1 amide bonds. The standard InChI is InChI=1S/C12H18IN3O2/c1-11(2,3)18-10(17)16-6-7-8(12(16,4)5)14-15-9(7)13/h6H2,1-5H3,(H,14,15). The molecule has 0 saturated heterocycles. The fraction of sp³-hybridized carbons (Fsp3) is 0.667. The molecule has 0 fully saturated rings. The van der Waals surface area contributed by atoms with Gasteiger partial charge in [-0.15, -0.1) is 0 Å². The highest BCUT2D eigenvalue weighted by Gasteiger charge is 2.44. The maximum absolute atomic E-state index is 12.2. The van der Waals surface area contributed by atoms with Crippen LogP contribution in [0.5, 0.6) is 0 Å². The quantitative estimate of drug-likeness (QED) is 0.721. The molecule has 1 aliphatic rings. The molecule has 1 N–H and O–H groups in total. The molecule has 2 heterocycles. The van der Waals surface area contributed by atoms with E-state index in [1.165, 1.54) is 0 Å². The predicted octanol–water partition coefficient (Wildman–Crippen LogP) is 3.00. The molecule has 2 rings (SSSR count). The highest BCUT2D eigenvalue weighted by atomic mass is 127. The van der Waals surface area contributed by atoms with Crippen molar-refractivity contribution in [3.8, 4) is 0 Å². The van der Waals surface area contributed by atoms with Crippen LogP contribution < -0.4 is 0 Å². The second-order valence-corrected chi connectivity index (χ2v) is 7.02. The zero-order valence-corrected chi connectivity index (χ0v) is 13.5. The largest absolute Gasteiger partial charge is 0.444 e. The summed E-state index contributed by atoms with van der Waals surface area (Å²) in [6, 6.07) is 0. The first kappa shape index (κ1) is 13.6. The molecule has 0 bridgehead atoms.